The van der Waals surface area contributed by atoms with Crippen LogP contribution in [-0.4, -0.2) is 11.2 Å². The molecule has 1 N–H and O–H groups in total. The zero-order valence-corrected chi connectivity index (χ0v) is 14.9. The van der Waals surface area contributed by atoms with E-state index >= 15 is 0 Å². The van der Waals surface area contributed by atoms with Crippen molar-refractivity contribution in [1.29, 1.82) is 0 Å². The number of anilines is 1. The van der Waals surface area contributed by atoms with Crippen LogP contribution in [0.3, 0.4) is 0 Å². The fourth-order valence-corrected chi connectivity index (χ4v) is 3.22. The predicted octanol–water partition coefficient (Wildman–Crippen LogP) is 5.75. The molecule has 0 saturated heterocycles. The van der Waals surface area contributed by atoms with E-state index in [9.17, 15) is 9.18 Å². The Hall–Kier alpha value is -1.04. The minimum atomic E-state index is -0.464. The molecule has 1 amide bonds. The molecule has 0 spiro atoms. The lowest BCUT2D eigenvalue weighted by Gasteiger charge is -2.15. The van der Waals surface area contributed by atoms with E-state index in [4.69, 9.17) is 11.6 Å². The number of carbonyl (C=O) groups excluding carboxylic acids is 1. The topological polar surface area (TPSA) is 29.1 Å². The number of benzene rings is 2. The molecule has 0 heterocycles. The van der Waals surface area contributed by atoms with Crippen LogP contribution < -0.4 is 5.32 Å². The Morgan fingerprint density at radius 2 is 2.00 bits per heavy atom. The van der Waals surface area contributed by atoms with Gasteiger partial charge in [-0.15, -0.1) is 11.8 Å². The van der Waals surface area contributed by atoms with Crippen molar-refractivity contribution in [1.82, 2.24) is 0 Å². The summed E-state index contributed by atoms with van der Waals surface area (Å²) in [6.07, 6.45) is 0.636. The summed E-state index contributed by atoms with van der Waals surface area (Å²) in [7, 11) is 0. The molecule has 2 aromatic rings. The molecule has 22 heavy (non-hydrogen) atoms. The lowest BCUT2D eigenvalue weighted by Crippen LogP contribution is -2.25. The van der Waals surface area contributed by atoms with Gasteiger partial charge in [-0.1, -0.05) is 34.5 Å². The number of amides is 1. The first-order valence-electron chi connectivity index (χ1n) is 6.67. The number of carbonyl (C=O) groups is 1. The van der Waals surface area contributed by atoms with Crippen molar-refractivity contribution in [3.05, 3.63) is 57.8 Å². The third kappa shape index (κ3) is 4.73. The maximum absolute atomic E-state index is 13.8. The van der Waals surface area contributed by atoms with Crippen molar-refractivity contribution >= 4 is 50.9 Å². The smallest absolute Gasteiger partial charge is 0.237 e. The Labute approximate surface area is 146 Å². The Balaban J connectivity index is 2.06. The fourth-order valence-electron chi connectivity index (χ4n) is 1.80. The average Bonchev–Trinajstić information content (AvgIpc) is 2.49. The Kier molecular flexibility index (Phi) is 6.29. The predicted molar refractivity (Wildman–Crippen MR) is 94.1 cm³/mol. The minimum Gasteiger partial charge on any atom is -0.323 e. The highest BCUT2D eigenvalue weighted by atomic mass is 79.9. The van der Waals surface area contributed by atoms with Crippen LogP contribution in [0.4, 0.5) is 10.1 Å². The molecule has 1 atom stereocenters. The van der Waals surface area contributed by atoms with Gasteiger partial charge in [-0.3, -0.25) is 4.79 Å². The molecular formula is C16H14BrClFNOS. The fraction of sp³-hybridized carbons (Fsp3) is 0.188. The van der Waals surface area contributed by atoms with Gasteiger partial charge in [0.1, 0.15) is 5.82 Å². The molecule has 0 aliphatic heterocycles. The lowest BCUT2D eigenvalue weighted by molar-refractivity contribution is -0.115. The monoisotopic (exact) mass is 401 g/mol. The van der Waals surface area contributed by atoms with Gasteiger partial charge in [0.25, 0.3) is 0 Å². The van der Waals surface area contributed by atoms with Gasteiger partial charge in [0.2, 0.25) is 5.91 Å². The van der Waals surface area contributed by atoms with E-state index in [1.807, 2.05) is 19.1 Å². The van der Waals surface area contributed by atoms with Crippen LogP contribution in [0.1, 0.15) is 13.3 Å². The molecule has 0 radical (unpaired) electrons. The Bertz CT molecular complexity index is 666. The van der Waals surface area contributed by atoms with Crippen molar-refractivity contribution in [2.45, 2.75) is 23.5 Å². The molecule has 2 rings (SSSR count). The summed E-state index contributed by atoms with van der Waals surface area (Å²) < 4.78 is 14.4. The highest BCUT2D eigenvalue weighted by molar-refractivity contribution is 9.10. The number of nitrogens with one attached hydrogen (secondary N) is 1. The van der Waals surface area contributed by atoms with E-state index in [2.05, 4.69) is 21.2 Å². The van der Waals surface area contributed by atoms with Gasteiger partial charge in [-0.25, -0.2) is 4.39 Å². The molecule has 0 fully saturated rings. The van der Waals surface area contributed by atoms with Crippen LogP contribution >= 0.6 is 39.3 Å². The summed E-state index contributed by atoms with van der Waals surface area (Å²) in [6.45, 7) is 1.92. The first kappa shape index (κ1) is 17.3. The van der Waals surface area contributed by atoms with Crippen LogP contribution in [0.2, 0.25) is 5.02 Å². The van der Waals surface area contributed by atoms with Crippen LogP contribution in [0.5, 0.6) is 0 Å². The molecule has 0 unspecified atom stereocenters. The first-order chi connectivity index (χ1) is 10.5. The van der Waals surface area contributed by atoms with E-state index in [1.54, 1.807) is 18.2 Å². The van der Waals surface area contributed by atoms with Crippen LogP contribution in [0.25, 0.3) is 0 Å². The molecule has 2 nitrogen and oxygen atoms in total. The maximum atomic E-state index is 13.8. The molecule has 0 aliphatic rings. The van der Waals surface area contributed by atoms with Crippen LogP contribution in [0.15, 0.2) is 51.8 Å². The highest BCUT2D eigenvalue weighted by Gasteiger charge is 2.19. The molecule has 0 saturated carbocycles. The van der Waals surface area contributed by atoms with Crippen molar-refractivity contribution in [2.24, 2.45) is 0 Å². The molecule has 0 aromatic heterocycles. The van der Waals surface area contributed by atoms with E-state index in [1.165, 1.54) is 23.9 Å². The van der Waals surface area contributed by atoms with E-state index < -0.39 is 5.82 Å². The van der Waals surface area contributed by atoms with Crippen molar-refractivity contribution < 1.29 is 9.18 Å². The second-order valence-electron chi connectivity index (χ2n) is 4.58. The van der Waals surface area contributed by atoms with E-state index in [0.717, 1.165) is 4.90 Å². The molecule has 0 bridgehead atoms. The number of thioether (sulfide) groups is 1. The van der Waals surface area contributed by atoms with Crippen LogP contribution in [0, 0.1) is 5.82 Å². The van der Waals surface area contributed by atoms with Gasteiger partial charge in [-0.05, 0) is 48.9 Å². The zero-order chi connectivity index (χ0) is 16.1. The number of hydrogen-bond donors (Lipinski definition) is 1. The molecular weight excluding hydrogens is 389 g/mol. The summed E-state index contributed by atoms with van der Waals surface area (Å²) in [5.74, 6) is -0.683. The molecule has 6 heteroatoms. The zero-order valence-electron chi connectivity index (χ0n) is 11.8. The standard InChI is InChI=1S/C16H14BrClFNOS/c1-2-15(22-12-6-4-11(18)5-7-12)16(21)20-14-8-3-10(17)9-13(14)19/h3-9,15H,2H2,1H3,(H,20,21)/t15-/m0/s1. The molecule has 116 valence electrons. The largest absolute Gasteiger partial charge is 0.323 e. The Morgan fingerprint density at radius 3 is 2.59 bits per heavy atom. The van der Waals surface area contributed by atoms with Gasteiger partial charge in [0.05, 0.1) is 10.9 Å². The van der Waals surface area contributed by atoms with Gasteiger partial charge in [0.15, 0.2) is 0 Å². The van der Waals surface area contributed by atoms with Gasteiger partial charge in [-0.2, -0.15) is 0 Å². The SMILES string of the molecule is CC[C@H](Sc1ccc(Cl)cc1)C(=O)Nc1ccc(Br)cc1F. The second-order valence-corrected chi connectivity index (χ2v) is 7.21. The van der Waals surface area contributed by atoms with Crippen molar-refractivity contribution in [2.75, 3.05) is 5.32 Å². The minimum absolute atomic E-state index is 0.184. The van der Waals surface area contributed by atoms with E-state index in [0.29, 0.717) is 15.9 Å². The first-order valence-corrected chi connectivity index (χ1v) is 8.72. The maximum Gasteiger partial charge on any atom is 0.237 e. The Morgan fingerprint density at radius 1 is 1.32 bits per heavy atom. The summed E-state index contributed by atoms with van der Waals surface area (Å²) in [4.78, 5) is 13.3. The third-order valence-electron chi connectivity index (χ3n) is 2.94. The molecule has 2 aromatic carbocycles. The third-order valence-corrected chi connectivity index (χ3v) is 5.07. The highest BCUT2D eigenvalue weighted by Crippen LogP contribution is 2.28. The quantitative estimate of drug-likeness (QED) is 0.645. The summed E-state index contributed by atoms with van der Waals surface area (Å²) >= 11 is 10.5. The van der Waals surface area contributed by atoms with Gasteiger partial charge >= 0.3 is 0 Å². The average molecular weight is 403 g/mol. The summed E-state index contributed by atoms with van der Waals surface area (Å²) in [5.41, 5.74) is 0.184. The number of halogens is 3. The van der Waals surface area contributed by atoms with Gasteiger partial charge in [0, 0.05) is 14.4 Å². The normalized spacial score (nSPS) is 12.0. The van der Waals surface area contributed by atoms with E-state index in [-0.39, 0.29) is 16.8 Å². The lowest BCUT2D eigenvalue weighted by atomic mass is 10.2. The van der Waals surface area contributed by atoms with Crippen molar-refractivity contribution in [3.8, 4) is 0 Å². The second kappa shape index (κ2) is 7.99. The van der Waals surface area contributed by atoms with Gasteiger partial charge < -0.3 is 5.32 Å². The molecule has 0 aliphatic carbocycles. The number of hydrogen-bond acceptors (Lipinski definition) is 2. The van der Waals surface area contributed by atoms with Crippen LogP contribution in [-0.2, 0) is 4.79 Å². The summed E-state index contributed by atoms with van der Waals surface area (Å²) in [6, 6.07) is 11.8. The van der Waals surface area contributed by atoms with Crippen molar-refractivity contribution in [3.63, 3.8) is 0 Å². The number of rotatable bonds is 5. The summed E-state index contributed by atoms with van der Waals surface area (Å²) in [5, 5.41) is 2.99.